The topological polar surface area (TPSA) is 17.1 Å². The highest BCUT2D eigenvalue weighted by Crippen LogP contribution is 2.30. The van der Waals surface area contributed by atoms with E-state index in [2.05, 4.69) is 63.7 Å². The Morgan fingerprint density at radius 1 is 0.706 bits per heavy atom. The van der Waals surface area contributed by atoms with Crippen molar-refractivity contribution in [3.05, 3.63) is 0 Å². The quantitative estimate of drug-likeness (QED) is 0.412. The van der Waals surface area contributed by atoms with Gasteiger partial charge < -0.3 is 0 Å². The number of hydrogen-bond donors (Lipinski definition) is 0. The van der Waals surface area contributed by atoms with Crippen molar-refractivity contribution >= 4 is 69.5 Å². The summed E-state index contributed by atoms with van der Waals surface area (Å²) in [7, 11) is 0. The molecule has 4 atom stereocenters. The zero-order valence-electron chi connectivity index (χ0n) is 9.68. The third kappa shape index (κ3) is 6.53. The van der Waals surface area contributed by atoms with Gasteiger partial charge in [0.25, 0.3) is 0 Å². The third-order valence-electron chi connectivity index (χ3n) is 3.14. The van der Waals surface area contributed by atoms with Gasteiger partial charge in [0.2, 0.25) is 0 Å². The van der Waals surface area contributed by atoms with E-state index in [0.717, 1.165) is 38.5 Å². The lowest BCUT2D eigenvalue weighted by Crippen LogP contribution is -2.21. The van der Waals surface area contributed by atoms with Gasteiger partial charge in [-0.3, -0.25) is 4.79 Å². The maximum Gasteiger partial charge on any atom is 0.132 e. The number of hydrogen-bond acceptors (Lipinski definition) is 1. The molecule has 0 aliphatic heterocycles. The molecular weight excluding hydrogens is 480 g/mol. The van der Waals surface area contributed by atoms with Gasteiger partial charge in [-0.05, 0) is 32.1 Å². The molecule has 100 valence electrons. The largest absolute Gasteiger partial charge is 0.300 e. The number of Topliss-reactive ketones (excluding diaryl/α,β-unsaturated/α-hetero) is 1. The summed E-state index contributed by atoms with van der Waals surface area (Å²) in [6.45, 7) is 0. The van der Waals surface area contributed by atoms with Crippen molar-refractivity contribution in [1.29, 1.82) is 0 Å². The molecule has 1 fully saturated rings. The van der Waals surface area contributed by atoms with Crippen LogP contribution >= 0.6 is 63.7 Å². The molecule has 0 amide bonds. The van der Waals surface area contributed by atoms with E-state index < -0.39 is 0 Å². The molecule has 0 bridgehead atoms. The molecule has 0 aromatic heterocycles. The number of carbonyl (C=O) groups is 1. The molecule has 1 aliphatic rings. The molecule has 0 N–H and O–H groups in total. The predicted octanol–water partition coefficient (Wildman–Crippen LogP) is 5.35. The fourth-order valence-corrected chi connectivity index (χ4v) is 4.10. The van der Waals surface area contributed by atoms with Crippen LogP contribution in [0.1, 0.15) is 44.9 Å². The van der Waals surface area contributed by atoms with Gasteiger partial charge in [0, 0.05) is 32.2 Å². The molecule has 0 radical (unpaired) electrons. The van der Waals surface area contributed by atoms with Crippen molar-refractivity contribution in [3.63, 3.8) is 0 Å². The van der Waals surface area contributed by atoms with Crippen LogP contribution < -0.4 is 0 Å². The van der Waals surface area contributed by atoms with Gasteiger partial charge in [0.1, 0.15) is 5.78 Å². The number of carbonyl (C=O) groups excluding carboxylic acids is 1. The molecule has 1 nitrogen and oxygen atoms in total. The Morgan fingerprint density at radius 3 is 1.76 bits per heavy atom. The average molecular weight is 498 g/mol. The average Bonchev–Trinajstić information content (AvgIpc) is 2.31. The maximum atomic E-state index is 11.7. The number of halogens is 4. The van der Waals surface area contributed by atoms with Gasteiger partial charge in [-0.15, -0.1) is 0 Å². The van der Waals surface area contributed by atoms with E-state index in [9.17, 15) is 4.79 Å². The number of ketones is 1. The molecule has 5 heteroatoms. The smallest absolute Gasteiger partial charge is 0.132 e. The SMILES string of the molecule is O=C1CCCC(Br)C(Br)CCC(Br)C(Br)CC1. The molecule has 0 spiro atoms. The Morgan fingerprint density at radius 2 is 1.18 bits per heavy atom. The molecule has 0 aromatic carbocycles. The van der Waals surface area contributed by atoms with Gasteiger partial charge in [0.15, 0.2) is 0 Å². The van der Waals surface area contributed by atoms with Gasteiger partial charge in [-0.2, -0.15) is 0 Å². The second-order valence-electron chi connectivity index (χ2n) is 4.61. The second-order valence-corrected chi connectivity index (χ2v) is 9.32. The first-order valence-corrected chi connectivity index (χ1v) is 9.75. The van der Waals surface area contributed by atoms with Crippen LogP contribution in [0.4, 0.5) is 0 Å². The van der Waals surface area contributed by atoms with Crippen molar-refractivity contribution in [2.75, 3.05) is 0 Å². The van der Waals surface area contributed by atoms with Crippen molar-refractivity contribution in [2.45, 2.75) is 64.3 Å². The highest BCUT2D eigenvalue weighted by atomic mass is 79.9. The lowest BCUT2D eigenvalue weighted by molar-refractivity contribution is -0.119. The normalized spacial score (nSPS) is 38.2. The molecule has 17 heavy (non-hydrogen) atoms. The molecular formula is C12H18Br4O. The summed E-state index contributed by atoms with van der Waals surface area (Å²) in [5, 5.41) is 0. The summed E-state index contributed by atoms with van der Waals surface area (Å²) in [6.07, 6.45) is 6.74. The first-order chi connectivity index (χ1) is 8.00. The lowest BCUT2D eigenvalue weighted by Gasteiger charge is -2.22. The predicted molar refractivity (Wildman–Crippen MR) is 88.2 cm³/mol. The monoisotopic (exact) mass is 494 g/mol. The Bertz CT molecular complexity index is 247. The maximum absolute atomic E-state index is 11.7. The van der Waals surface area contributed by atoms with Crippen LogP contribution in [0.2, 0.25) is 0 Å². The van der Waals surface area contributed by atoms with Crippen molar-refractivity contribution < 1.29 is 4.79 Å². The van der Waals surface area contributed by atoms with Crippen molar-refractivity contribution in [3.8, 4) is 0 Å². The van der Waals surface area contributed by atoms with E-state index in [1.54, 1.807) is 0 Å². The molecule has 1 aliphatic carbocycles. The van der Waals surface area contributed by atoms with Gasteiger partial charge in [-0.25, -0.2) is 0 Å². The minimum Gasteiger partial charge on any atom is -0.300 e. The van der Waals surface area contributed by atoms with Crippen LogP contribution in [0.15, 0.2) is 0 Å². The lowest BCUT2D eigenvalue weighted by atomic mass is 10.00. The van der Waals surface area contributed by atoms with E-state index in [1.807, 2.05) is 0 Å². The van der Waals surface area contributed by atoms with Gasteiger partial charge in [0.05, 0.1) is 0 Å². The Hall–Kier alpha value is 1.59. The van der Waals surface area contributed by atoms with Gasteiger partial charge in [-0.1, -0.05) is 63.7 Å². The molecule has 0 aromatic rings. The first-order valence-electron chi connectivity index (χ1n) is 6.08. The summed E-state index contributed by atoms with van der Waals surface area (Å²) in [4.78, 5) is 13.5. The van der Waals surface area contributed by atoms with Crippen molar-refractivity contribution in [1.82, 2.24) is 0 Å². The fraction of sp³-hybridized carbons (Fsp3) is 0.917. The standard InChI is InChI=1S/C12H18Br4O/c13-9-3-1-2-8(17)4-5-10(14)12(16)7-6-11(9)15/h9-12H,1-7H2. The Kier molecular flexibility index (Phi) is 8.52. The van der Waals surface area contributed by atoms with Crippen LogP contribution in [0.5, 0.6) is 0 Å². The van der Waals surface area contributed by atoms with Crippen molar-refractivity contribution in [2.24, 2.45) is 0 Å². The molecule has 0 saturated heterocycles. The Labute approximate surface area is 137 Å². The van der Waals surface area contributed by atoms with Crippen LogP contribution in [-0.2, 0) is 4.79 Å². The van der Waals surface area contributed by atoms with Gasteiger partial charge >= 0.3 is 0 Å². The van der Waals surface area contributed by atoms with Crippen LogP contribution in [0.25, 0.3) is 0 Å². The summed E-state index contributed by atoms with van der Waals surface area (Å²) in [5.74, 6) is 0.403. The van der Waals surface area contributed by atoms with Crippen LogP contribution in [-0.4, -0.2) is 25.1 Å². The van der Waals surface area contributed by atoms with E-state index in [1.165, 1.54) is 0 Å². The van der Waals surface area contributed by atoms with E-state index in [4.69, 9.17) is 0 Å². The number of rotatable bonds is 0. The summed E-state index contributed by atoms with van der Waals surface area (Å²) in [6, 6.07) is 0. The number of alkyl halides is 4. The third-order valence-corrected chi connectivity index (χ3v) is 8.94. The first kappa shape index (κ1) is 16.6. The molecule has 0 heterocycles. The molecule has 1 saturated carbocycles. The van der Waals surface area contributed by atoms with Crippen LogP contribution in [0.3, 0.4) is 0 Å². The molecule has 1 rings (SSSR count). The summed E-state index contributed by atoms with van der Waals surface area (Å²) in [5.41, 5.74) is 0. The van der Waals surface area contributed by atoms with Crippen LogP contribution in [0, 0.1) is 0 Å². The Balaban J connectivity index is 2.54. The van der Waals surface area contributed by atoms with E-state index in [0.29, 0.717) is 31.5 Å². The van der Waals surface area contributed by atoms with E-state index >= 15 is 0 Å². The second kappa shape index (κ2) is 8.70. The van der Waals surface area contributed by atoms with E-state index in [-0.39, 0.29) is 0 Å². The zero-order chi connectivity index (χ0) is 12.8. The fourth-order valence-electron chi connectivity index (χ4n) is 1.96. The zero-order valence-corrected chi connectivity index (χ0v) is 16.0. The minimum atomic E-state index is 0.402. The molecule has 4 unspecified atom stereocenters. The summed E-state index contributed by atoms with van der Waals surface area (Å²) >= 11 is 14.8. The highest BCUT2D eigenvalue weighted by Gasteiger charge is 2.22. The minimum absolute atomic E-state index is 0.402. The summed E-state index contributed by atoms with van der Waals surface area (Å²) < 4.78 is 0. The highest BCUT2D eigenvalue weighted by molar-refractivity contribution is 9.12.